The lowest BCUT2D eigenvalue weighted by Gasteiger charge is -2.29. The van der Waals surface area contributed by atoms with Gasteiger partial charge in [0.15, 0.2) is 0 Å². The molecular formula is C11H22N2. The van der Waals surface area contributed by atoms with E-state index in [1.54, 1.807) is 0 Å². The molecule has 0 spiro atoms. The van der Waals surface area contributed by atoms with Crippen molar-refractivity contribution in [2.75, 3.05) is 13.1 Å². The first-order chi connectivity index (χ1) is 6.27. The number of nitrogens with one attached hydrogen (secondary N) is 2. The van der Waals surface area contributed by atoms with Gasteiger partial charge in [0, 0.05) is 12.1 Å². The lowest BCUT2D eigenvalue weighted by molar-refractivity contribution is 0.290. The third-order valence-electron chi connectivity index (χ3n) is 3.68. The molecule has 3 atom stereocenters. The van der Waals surface area contributed by atoms with Crippen molar-refractivity contribution in [3.63, 3.8) is 0 Å². The standard InChI is InChI=1S/C11H22N2/c1-8-7-11(8)13-9(2)10-3-5-12-6-4-10/h8-13H,3-7H2,1-2H3. The second kappa shape index (κ2) is 3.97. The highest BCUT2D eigenvalue weighted by Gasteiger charge is 2.34. The van der Waals surface area contributed by atoms with E-state index in [-0.39, 0.29) is 0 Å². The summed E-state index contributed by atoms with van der Waals surface area (Å²) in [5, 5.41) is 7.17. The molecule has 2 aliphatic rings. The highest BCUT2D eigenvalue weighted by molar-refractivity contribution is 4.92. The van der Waals surface area contributed by atoms with Crippen molar-refractivity contribution in [3.8, 4) is 0 Å². The van der Waals surface area contributed by atoms with Gasteiger partial charge in [-0.05, 0) is 51.1 Å². The SMILES string of the molecule is CC1CC1NC(C)C1CCNCC1. The van der Waals surface area contributed by atoms with E-state index in [2.05, 4.69) is 24.5 Å². The molecule has 1 saturated heterocycles. The van der Waals surface area contributed by atoms with Crippen LogP contribution < -0.4 is 10.6 Å². The summed E-state index contributed by atoms with van der Waals surface area (Å²) in [5.41, 5.74) is 0. The van der Waals surface area contributed by atoms with Gasteiger partial charge in [-0.25, -0.2) is 0 Å². The van der Waals surface area contributed by atoms with Crippen LogP contribution in [0.2, 0.25) is 0 Å². The van der Waals surface area contributed by atoms with Crippen LogP contribution in [0.4, 0.5) is 0 Å². The third kappa shape index (κ3) is 2.44. The third-order valence-corrected chi connectivity index (χ3v) is 3.68. The molecule has 1 aliphatic carbocycles. The number of hydrogen-bond acceptors (Lipinski definition) is 2. The molecule has 1 heterocycles. The fourth-order valence-electron chi connectivity index (χ4n) is 2.37. The van der Waals surface area contributed by atoms with Crippen molar-refractivity contribution in [1.29, 1.82) is 0 Å². The molecule has 1 aliphatic heterocycles. The zero-order valence-corrected chi connectivity index (χ0v) is 8.84. The maximum atomic E-state index is 3.75. The minimum Gasteiger partial charge on any atom is -0.317 e. The summed E-state index contributed by atoms with van der Waals surface area (Å²) in [7, 11) is 0. The first-order valence-corrected chi connectivity index (χ1v) is 5.74. The van der Waals surface area contributed by atoms with E-state index in [9.17, 15) is 0 Å². The van der Waals surface area contributed by atoms with E-state index >= 15 is 0 Å². The van der Waals surface area contributed by atoms with Crippen LogP contribution >= 0.6 is 0 Å². The highest BCUT2D eigenvalue weighted by atomic mass is 15.0. The Bertz CT molecular complexity index is 163. The first kappa shape index (κ1) is 9.47. The van der Waals surface area contributed by atoms with Crippen LogP contribution in [0.15, 0.2) is 0 Å². The molecule has 0 amide bonds. The average Bonchev–Trinajstić information content (AvgIpc) is 2.83. The normalized spacial score (nSPS) is 37.4. The maximum Gasteiger partial charge on any atom is 0.00989 e. The van der Waals surface area contributed by atoms with Gasteiger partial charge in [0.25, 0.3) is 0 Å². The van der Waals surface area contributed by atoms with Crippen LogP contribution in [0.5, 0.6) is 0 Å². The molecule has 2 heteroatoms. The van der Waals surface area contributed by atoms with Crippen LogP contribution in [0.1, 0.15) is 33.1 Å². The Morgan fingerprint density at radius 1 is 1.31 bits per heavy atom. The van der Waals surface area contributed by atoms with Gasteiger partial charge in [0.05, 0.1) is 0 Å². The molecule has 13 heavy (non-hydrogen) atoms. The molecule has 0 aromatic heterocycles. The molecule has 2 rings (SSSR count). The number of hydrogen-bond donors (Lipinski definition) is 2. The van der Waals surface area contributed by atoms with Gasteiger partial charge >= 0.3 is 0 Å². The summed E-state index contributed by atoms with van der Waals surface area (Å²) < 4.78 is 0. The van der Waals surface area contributed by atoms with E-state index in [1.807, 2.05) is 0 Å². The molecule has 2 fully saturated rings. The van der Waals surface area contributed by atoms with Crippen molar-refractivity contribution in [3.05, 3.63) is 0 Å². The van der Waals surface area contributed by atoms with Crippen molar-refractivity contribution in [2.45, 2.75) is 45.2 Å². The topological polar surface area (TPSA) is 24.1 Å². The van der Waals surface area contributed by atoms with Crippen LogP contribution in [0.25, 0.3) is 0 Å². The summed E-state index contributed by atoms with van der Waals surface area (Å²) in [6.45, 7) is 7.14. The van der Waals surface area contributed by atoms with Crippen molar-refractivity contribution < 1.29 is 0 Å². The van der Waals surface area contributed by atoms with E-state index < -0.39 is 0 Å². The van der Waals surface area contributed by atoms with Crippen LogP contribution in [-0.4, -0.2) is 25.2 Å². The Kier molecular flexibility index (Phi) is 2.89. The van der Waals surface area contributed by atoms with Gasteiger partial charge in [-0.1, -0.05) is 6.92 Å². The molecular weight excluding hydrogens is 160 g/mol. The Labute approximate surface area is 81.5 Å². The molecule has 0 aromatic rings. The molecule has 76 valence electrons. The predicted octanol–water partition coefficient (Wildman–Crippen LogP) is 1.37. The predicted molar refractivity (Wildman–Crippen MR) is 55.8 cm³/mol. The van der Waals surface area contributed by atoms with Crippen molar-refractivity contribution in [1.82, 2.24) is 10.6 Å². The van der Waals surface area contributed by atoms with E-state index in [1.165, 1.54) is 32.4 Å². The fraction of sp³-hybridized carbons (Fsp3) is 1.00. The Balaban J connectivity index is 1.72. The Morgan fingerprint density at radius 2 is 1.92 bits per heavy atom. The maximum absolute atomic E-state index is 3.75. The van der Waals surface area contributed by atoms with Crippen LogP contribution in [0.3, 0.4) is 0 Å². The molecule has 0 aromatic carbocycles. The molecule has 2 N–H and O–H groups in total. The average molecular weight is 182 g/mol. The van der Waals surface area contributed by atoms with Gasteiger partial charge in [-0.3, -0.25) is 0 Å². The molecule has 2 nitrogen and oxygen atoms in total. The largest absolute Gasteiger partial charge is 0.317 e. The molecule has 0 radical (unpaired) electrons. The number of piperidine rings is 1. The summed E-state index contributed by atoms with van der Waals surface area (Å²) in [6, 6.07) is 1.57. The summed E-state index contributed by atoms with van der Waals surface area (Å²) in [6.07, 6.45) is 4.11. The summed E-state index contributed by atoms with van der Waals surface area (Å²) in [5.74, 6) is 1.85. The van der Waals surface area contributed by atoms with Gasteiger partial charge in [-0.15, -0.1) is 0 Å². The van der Waals surface area contributed by atoms with Crippen molar-refractivity contribution in [2.24, 2.45) is 11.8 Å². The molecule has 3 unspecified atom stereocenters. The quantitative estimate of drug-likeness (QED) is 0.689. The minimum absolute atomic E-state index is 0.733. The second-order valence-electron chi connectivity index (χ2n) is 4.86. The second-order valence-corrected chi connectivity index (χ2v) is 4.86. The zero-order chi connectivity index (χ0) is 9.26. The lowest BCUT2D eigenvalue weighted by Crippen LogP contribution is -2.41. The smallest absolute Gasteiger partial charge is 0.00989 e. The summed E-state index contributed by atoms with van der Waals surface area (Å²) >= 11 is 0. The van der Waals surface area contributed by atoms with E-state index in [0.717, 1.165) is 23.9 Å². The first-order valence-electron chi connectivity index (χ1n) is 5.74. The van der Waals surface area contributed by atoms with Gasteiger partial charge in [0.2, 0.25) is 0 Å². The minimum atomic E-state index is 0.733. The monoisotopic (exact) mass is 182 g/mol. The highest BCUT2D eigenvalue weighted by Crippen LogP contribution is 2.30. The summed E-state index contributed by atoms with van der Waals surface area (Å²) in [4.78, 5) is 0. The zero-order valence-electron chi connectivity index (χ0n) is 8.84. The Morgan fingerprint density at radius 3 is 2.46 bits per heavy atom. The number of rotatable bonds is 3. The van der Waals surface area contributed by atoms with Gasteiger partial charge in [-0.2, -0.15) is 0 Å². The fourth-order valence-corrected chi connectivity index (χ4v) is 2.37. The lowest BCUT2D eigenvalue weighted by atomic mass is 9.91. The molecule has 1 saturated carbocycles. The van der Waals surface area contributed by atoms with Crippen molar-refractivity contribution >= 4 is 0 Å². The van der Waals surface area contributed by atoms with E-state index in [4.69, 9.17) is 0 Å². The van der Waals surface area contributed by atoms with E-state index in [0.29, 0.717) is 0 Å². The molecule has 0 bridgehead atoms. The van der Waals surface area contributed by atoms with Crippen LogP contribution in [-0.2, 0) is 0 Å². The van der Waals surface area contributed by atoms with Gasteiger partial charge < -0.3 is 10.6 Å². The van der Waals surface area contributed by atoms with Crippen LogP contribution in [0, 0.1) is 11.8 Å². The Hall–Kier alpha value is -0.0800. The van der Waals surface area contributed by atoms with Gasteiger partial charge in [0.1, 0.15) is 0 Å².